The molecule has 0 amide bonds. The molecular formula is C19H15ClN2O2. The van der Waals surface area contributed by atoms with Crippen LogP contribution in [-0.4, -0.2) is 20.9 Å². The van der Waals surface area contributed by atoms with E-state index in [-0.39, 0.29) is 5.56 Å². The Bertz CT molecular complexity index is 914. The van der Waals surface area contributed by atoms with E-state index < -0.39 is 5.97 Å². The van der Waals surface area contributed by atoms with E-state index >= 15 is 0 Å². The average Bonchev–Trinajstić information content (AvgIpc) is 2.89. The minimum absolute atomic E-state index is 0.245. The summed E-state index contributed by atoms with van der Waals surface area (Å²) >= 11 is 6.37. The van der Waals surface area contributed by atoms with Crippen LogP contribution >= 0.6 is 11.6 Å². The fraction of sp³-hybridized carbons (Fsp3) is 0.0526. The lowest BCUT2D eigenvalue weighted by Crippen LogP contribution is -1.98. The molecule has 3 rings (SSSR count). The number of halogens is 1. The summed E-state index contributed by atoms with van der Waals surface area (Å²) in [7, 11) is 1.78. The van der Waals surface area contributed by atoms with Gasteiger partial charge in [0.2, 0.25) is 0 Å². The van der Waals surface area contributed by atoms with Crippen molar-refractivity contribution < 1.29 is 9.90 Å². The third-order valence-corrected chi connectivity index (χ3v) is 4.13. The molecule has 0 saturated carbocycles. The topological polar surface area (TPSA) is 55.1 Å². The maximum atomic E-state index is 11.3. The molecule has 1 N–H and O–H groups in total. The molecule has 0 aliphatic heterocycles. The second kappa shape index (κ2) is 6.72. The largest absolute Gasteiger partial charge is 0.478 e. The Hall–Kier alpha value is -2.85. The van der Waals surface area contributed by atoms with Crippen molar-refractivity contribution in [3.05, 3.63) is 76.4 Å². The van der Waals surface area contributed by atoms with Gasteiger partial charge in [0, 0.05) is 18.2 Å². The van der Waals surface area contributed by atoms with Crippen LogP contribution in [0.3, 0.4) is 0 Å². The molecule has 3 aromatic rings. The van der Waals surface area contributed by atoms with Gasteiger partial charge in [-0.15, -0.1) is 0 Å². The Morgan fingerprint density at radius 2 is 1.75 bits per heavy atom. The van der Waals surface area contributed by atoms with Crippen LogP contribution in [0.15, 0.2) is 54.6 Å². The molecular weight excluding hydrogens is 324 g/mol. The average molecular weight is 339 g/mol. The first kappa shape index (κ1) is 16.0. The summed E-state index contributed by atoms with van der Waals surface area (Å²) in [6, 6.07) is 16.6. The van der Waals surface area contributed by atoms with E-state index in [1.807, 2.05) is 30.3 Å². The quantitative estimate of drug-likeness (QED) is 0.755. The fourth-order valence-electron chi connectivity index (χ4n) is 2.49. The predicted octanol–water partition coefficient (Wildman–Crippen LogP) is 4.61. The van der Waals surface area contributed by atoms with Gasteiger partial charge in [0.1, 0.15) is 10.8 Å². The number of hydrogen-bond acceptors (Lipinski definition) is 2. The van der Waals surface area contributed by atoms with Crippen LogP contribution < -0.4 is 0 Å². The number of aryl methyl sites for hydroxylation is 1. The third-order valence-electron chi connectivity index (χ3n) is 3.68. The highest BCUT2D eigenvalue weighted by atomic mass is 35.5. The molecule has 0 aliphatic rings. The second-order valence-electron chi connectivity index (χ2n) is 5.27. The predicted molar refractivity (Wildman–Crippen MR) is 96.0 cm³/mol. The number of nitrogens with zero attached hydrogens (tertiary/aromatic N) is 2. The van der Waals surface area contributed by atoms with Crippen LogP contribution in [0.25, 0.3) is 23.4 Å². The van der Waals surface area contributed by atoms with Gasteiger partial charge in [0.25, 0.3) is 0 Å². The van der Waals surface area contributed by atoms with Gasteiger partial charge in [-0.3, -0.25) is 4.68 Å². The van der Waals surface area contributed by atoms with Crippen LogP contribution in [0.1, 0.15) is 21.5 Å². The summed E-state index contributed by atoms with van der Waals surface area (Å²) in [6.07, 6.45) is 3.55. The van der Waals surface area contributed by atoms with E-state index in [1.165, 1.54) is 0 Å². The summed E-state index contributed by atoms with van der Waals surface area (Å²) in [5.41, 5.74) is 3.32. The lowest BCUT2D eigenvalue weighted by Gasteiger charge is -2.01. The van der Waals surface area contributed by atoms with Crippen molar-refractivity contribution >= 4 is 29.7 Å². The zero-order chi connectivity index (χ0) is 17.1. The number of benzene rings is 2. The van der Waals surface area contributed by atoms with Crippen molar-refractivity contribution in [3.8, 4) is 11.3 Å². The molecule has 1 aromatic heterocycles. The number of carboxylic acid groups (broad SMARTS) is 1. The molecule has 0 bridgehead atoms. The highest BCUT2D eigenvalue weighted by Crippen LogP contribution is 2.30. The van der Waals surface area contributed by atoms with Crippen LogP contribution in [-0.2, 0) is 7.05 Å². The molecule has 0 fully saturated rings. The van der Waals surface area contributed by atoms with Gasteiger partial charge in [-0.2, -0.15) is 5.10 Å². The van der Waals surface area contributed by atoms with E-state index in [2.05, 4.69) is 5.10 Å². The number of hydrogen-bond donors (Lipinski definition) is 1. The van der Waals surface area contributed by atoms with Crippen LogP contribution in [0.5, 0.6) is 0 Å². The van der Waals surface area contributed by atoms with Crippen molar-refractivity contribution in [1.82, 2.24) is 9.78 Å². The molecule has 0 spiro atoms. The first-order valence-corrected chi connectivity index (χ1v) is 7.74. The standard InChI is InChI=1S/C19H15ClN2O2/c1-22-18(20)16(17(21-22)14-8-3-2-4-9-14)12-11-13-7-5-6-10-15(13)19(23)24/h2-12H,1H3,(H,23,24)/b12-11+. The maximum Gasteiger partial charge on any atom is 0.336 e. The fourth-order valence-corrected chi connectivity index (χ4v) is 2.68. The smallest absolute Gasteiger partial charge is 0.336 e. The van der Waals surface area contributed by atoms with Crippen molar-refractivity contribution in [1.29, 1.82) is 0 Å². The first-order chi connectivity index (χ1) is 11.6. The zero-order valence-electron chi connectivity index (χ0n) is 13.0. The minimum Gasteiger partial charge on any atom is -0.478 e. The molecule has 0 unspecified atom stereocenters. The SMILES string of the molecule is Cn1nc(-c2ccccc2)c(/C=C/c2ccccc2C(=O)O)c1Cl. The van der Waals surface area contributed by atoms with E-state index in [1.54, 1.807) is 48.1 Å². The van der Waals surface area contributed by atoms with Crippen molar-refractivity contribution in [2.75, 3.05) is 0 Å². The zero-order valence-corrected chi connectivity index (χ0v) is 13.7. The van der Waals surface area contributed by atoms with Gasteiger partial charge in [-0.25, -0.2) is 4.79 Å². The van der Waals surface area contributed by atoms with Crippen LogP contribution in [0.2, 0.25) is 5.15 Å². The number of aromatic carboxylic acids is 1. The van der Waals surface area contributed by atoms with Gasteiger partial charge < -0.3 is 5.11 Å². The number of rotatable bonds is 4. The Kier molecular flexibility index (Phi) is 4.49. The summed E-state index contributed by atoms with van der Waals surface area (Å²) < 4.78 is 1.60. The maximum absolute atomic E-state index is 11.3. The van der Waals surface area contributed by atoms with E-state index in [4.69, 9.17) is 11.6 Å². The summed E-state index contributed by atoms with van der Waals surface area (Å²) in [6.45, 7) is 0. The van der Waals surface area contributed by atoms with Crippen LogP contribution in [0, 0.1) is 0 Å². The monoisotopic (exact) mass is 338 g/mol. The number of carboxylic acids is 1. The Morgan fingerprint density at radius 3 is 2.46 bits per heavy atom. The molecule has 1 heterocycles. The van der Waals surface area contributed by atoms with E-state index in [0.717, 1.165) is 16.8 Å². The lowest BCUT2D eigenvalue weighted by molar-refractivity contribution is 0.0696. The Morgan fingerprint density at radius 1 is 1.08 bits per heavy atom. The summed E-state index contributed by atoms with van der Waals surface area (Å²) in [5.74, 6) is -0.962. The Labute approximate surface area is 144 Å². The number of aromatic nitrogens is 2. The number of carbonyl (C=O) groups is 1. The molecule has 5 heteroatoms. The highest BCUT2D eigenvalue weighted by molar-refractivity contribution is 6.31. The van der Waals surface area contributed by atoms with Crippen molar-refractivity contribution in [2.24, 2.45) is 7.05 Å². The highest BCUT2D eigenvalue weighted by Gasteiger charge is 2.14. The lowest BCUT2D eigenvalue weighted by atomic mass is 10.0. The molecule has 120 valence electrons. The van der Waals surface area contributed by atoms with Gasteiger partial charge in [-0.05, 0) is 17.7 Å². The first-order valence-electron chi connectivity index (χ1n) is 7.36. The molecule has 0 saturated heterocycles. The third kappa shape index (κ3) is 3.09. The molecule has 4 nitrogen and oxygen atoms in total. The summed E-state index contributed by atoms with van der Waals surface area (Å²) in [4.78, 5) is 11.3. The van der Waals surface area contributed by atoms with Gasteiger partial charge in [0.15, 0.2) is 0 Å². The summed E-state index contributed by atoms with van der Waals surface area (Å²) in [5, 5.41) is 14.2. The minimum atomic E-state index is -0.962. The van der Waals surface area contributed by atoms with Gasteiger partial charge >= 0.3 is 5.97 Å². The molecule has 0 aliphatic carbocycles. The normalized spacial score (nSPS) is 11.1. The van der Waals surface area contributed by atoms with Crippen LogP contribution in [0.4, 0.5) is 0 Å². The van der Waals surface area contributed by atoms with Gasteiger partial charge in [0.05, 0.1) is 5.56 Å². The van der Waals surface area contributed by atoms with E-state index in [9.17, 15) is 9.90 Å². The van der Waals surface area contributed by atoms with Crippen molar-refractivity contribution in [2.45, 2.75) is 0 Å². The Balaban J connectivity index is 2.07. The molecule has 24 heavy (non-hydrogen) atoms. The molecule has 2 aromatic carbocycles. The molecule has 0 radical (unpaired) electrons. The van der Waals surface area contributed by atoms with Gasteiger partial charge in [-0.1, -0.05) is 66.2 Å². The van der Waals surface area contributed by atoms with Crippen molar-refractivity contribution in [3.63, 3.8) is 0 Å². The van der Waals surface area contributed by atoms with E-state index in [0.29, 0.717) is 10.7 Å². The molecule has 0 atom stereocenters. The second-order valence-corrected chi connectivity index (χ2v) is 5.63.